The lowest BCUT2D eigenvalue weighted by atomic mass is 10.00. The van der Waals surface area contributed by atoms with Crippen LogP contribution in [0.2, 0.25) is 0 Å². The van der Waals surface area contributed by atoms with Gasteiger partial charge in [0.2, 0.25) is 17.7 Å². The summed E-state index contributed by atoms with van der Waals surface area (Å²) in [4.78, 5) is 39.9. The van der Waals surface area contributed by atoms with E-state index in [1.165, 1.54) is 18.1 Å². The third kappa shape index (κ3) is 5.90. The molecule has 0 saturated heterocycles. The van der Waals surface area contributed by atoms with E-state index in [1.54, 1.807) is 29.2 Å². The molecule has 2 aromatic carbocycles. The van der Waals surface area contributed by atoms with Crippen LogP contribution < -0.4 is 10.6 Å². The number of anilines is 2. The fourth-order valence-electron chi connectivity index (χ4n) is 3.57. The molecule has 3 rings (SSSR count). The smallest absolute Gasteiger partial charge is 0.243 e. The quantitative estimate of drug-likeness (QED) is 0.738. The SMILES string of the molecule is CCN(CC(=O)Nc1ccc(NC(C)=O)cc1)C(=O)CN1CCc2ccccc2C1. The molecule has 0 saturated carbocycles. The molecule has 0 aromatic heterocycles. The number of fused-ring (bicyclic) bond motifs is 1. The van der Waals surface area contributed by atoms with Gasteiger partial charge in [-0.2, -0.15) is 0 Å². The van der Waals surface area contributed by atoms with Crippen molar-refractivity contribution in [2.75, 3.05) is 36.8 Å². The summed E-state index contributed by atoms with van der Waals surface area (Å²) in [5.41, 5.74) is 3.89. The second-order valence-electron chi connectivity index (χ2n) is 7.44. The van der Waals surface area contributed by atoms with Gasteiger partial charge in [0.05, 0.1) is 13.1 Å². The molecule has 2 N–H and O–H groups in total. The Labute approximate surface area is 177 Å². The summed E-state index contributed by atoms with van der Waals surface area (Å²) in [6.45, 7) is 5.69. The molecule has 30 heavy (non-hydrogen) atoms. The van der Waals surface area contributed by atoms with E-state index in [1.807, 2.05) is 19.1 Å². The number of nitrogens with one attached hydrogen (secondary N) is 2. The Morgan fingerprint density at radius 3 is 2.23 bits per heavy atom. The van der Waals surface area contributed by atoms with E-state index in [-0.39, 0.29) is 24.3 Å². The minimum absolute atomic E-state index is 0.00715. The largest absolute Gasteiger partial charge is 0.333 e. The predicted octanol–water partition coefficient (Wildman–Crippen LogP) is 2.49. The second-order valence-corrected chi connectivity index (χ2v) is 7.44. The highest BCUT2D eigenvalue weighted by Gasteiger charge is 2.22. The minimum atomic E-state index is -0.249. The Morgan fingerprint density at radius 2 is 1.60 bits per heavy atom. The molecule has 0 fully saturated rings. The average molecular weight is 409 g/mol. The number of hydrogen-bond acceptors (Lipinski definition) is 4. The van der Waals surface area contributed by atoms with Crippen molar-refractivity contribution in [2.45, 2.75) is 26.8 Å². The van der Waals surface area contributed by atoms with E-state index < -0.39 is 0 Å². The summed E-state index contributed by atoms with van der Waals surface area (Å²) in [6, 6.07) is 15.2. The van der Waals surface area contributed by atoms with Crippen molar-refractivity contribution < 1.29 is 14.4 Å². The predicted molar refractivity (Wildman–Crippen MR) is 117 cm³/mol. The van der Waals surface area contributed by atoms with Crippen molar-refractivity contribution in [2.24, 2.45) is 0 Å². The van der Waals surface area contributed by atoms with Crippen LogP contribution in [0.5, 0.6) is 0 Å². The van der Waals surface area contributed by atoms with E-state index in [0.29, 0.717) is 24.5 Å². The topological polar surface area (TPSA) is 81.8 Å². The molecule has 0 unspecified atom stereocenters. The molecule has 7 heteroatoms. The van der Waals surface area contributed by atoms with Crippen molar-refractivity contribution in [1.82, 2.24) is 9.80 Å². The van der Waals surface area contributed by atoms with Gasteiger partial charge in [0.1, 0.15) is 0 Å². The summed E-state index contributed by atoms with van der Waals surface area (Å²) >= 11 is 0. The monoisotopic (exact) mass is 408 g/mol. The van der Waals surface area contributed by atoms with Gasteiger partial charge in [-0.3, -0.25) is 19.3 Å². The number of carbonyl (C=O) groups is 3. The van der Waals surface area contributed by atoms with Crippen LogP contribution in [0, 0.1) is 0 Å². The van der Waals surface area contributed by atoms with E-state index in [0.717, 1.165) is 19.5 Å². The van der Waals surface area contributed by atoms with Crippen LogP contribution in [-0.2, 0) is 27.3 Å². The Morgan fingerprint density at radius 1 is 0.967 bits per heavy atom. The molecule has 1 heterocycles. The maximum absolute atomic E-state index is 12.8. The highest BCUT2D eigenvalue weighted by molar-refractivity contribution is 5.95. The summed E-state index contributed by atoms with van der Waals surface area (Å²) in [6.07, 6.45) is 0.935. The van der Waals surface area contributed by atoms with Crippen molar-refractivity contribution in [1.29, 1.82) is 0 Å². The maximum Gasteiger partial charge on any atom is 0.243 e. The first-order valence-electron chi connectivity index (χ1n) is 10.2. The van der Waals surface area contributed by atoms with E-state index in [2.05, 4.69) is 27.7 Å². The van der Waals surface area contributed by atoms with Gasteiger partial charge in [-0.05, 0) is 48.7 Å². The zero-order valence-electron chi connectivity index (χ0n) is 17.5. The van der Waals surface area contributed by atoms with Gasteiger partial charge in [0.25, 0.3) is 0 Å². The van der Waals surface area contributed by atoms with Gasteiger partial charge >= 0.3 is 0 Å². The molecule has 0 spiro atoms. The Bertz CT molecular complexity index is 911. The fraction of sp³-hybridized carbons (Fsp3) is 0.348. The third-order valence-corrected chi connectivity index (χ3v) is 5.13. The van der Waals surface area contributed by atoms with Crippen LogP contribution in [0.25, 0.3) is 0 Å². The maximum atomic E-state index is 12.8. The van der Waals surface area contributed by atoms with Crippen molar-refractivity contribution in [3.63, 3.8) is 0 Å². The molecule has 0 aliphatic carbocycles. The van der Waals surface area contributed by atoms with E-state index in [4.69, 9.17) is 0 Å². The van der Waals surface area contributed by atoms with Gasteiger partial charge in [-0.25, -0.2) is 0 Å². The Kier molecular flexibility index (Phi) is 7.19. The fourth-order valence-corrected chi connectivity index (χ4v) is 3.57. The Balaban J connectivity index is 1.51. The zero-order valence-corrected chi connectivity index (χ0v) is 17.5. The third-order valence-electron chi connectivity index (χ3n) is 5.13. The minimum Gasteiger partial charge on any atom is -0.333 e. The highest BCUT2D eigenvalue weighted by Crippen LogP contribution is 2.18. The summed E-state index contributed by atoms with van der Waals surface area (Å²) in [5.74, 6) is -0.449. The summed E-state index contributed by atoms with van der Waals surface area (Å²) < 4.78 is 0. The molecule has 3 amide bonds. The van der Waals surface area contributed by atoms with Gasteiger partial charge in [-0.1, -0.05) is 24.3 Å². The lowest BCUT2D eigenvalue weighted by Crippen LogP contribution is -2.44. The van der Waals surface area contributed by atoms with Gasteiger partial charge in [0.15, 0.2) is 0 Å². The van der Waals surface area contributed by atoms with Crippen molar-refractivity contribution in [3.05, 3.63) is 59.7 Å². The Hall–Kier alpha value is -3.19. The van der Waals surface area contributed by atoms with Crippen molar-refractivity contribution in [3.8, 4) is 0 Å². The lowest BCUT2D eigenvalue weighted by molar-refractivity contribution is -0.135. The zero-order chi connectivity index (χ0) is 21.5. The second kappa shape index (κ2) is 10.0. The molecule has 158 valence electrons. The number of nitrogens with zero attached hydrogens (tertiary/aromatic N) is 2. The molecule has 7 nitrogen and oxygen atoms in total. The van der Waals surface area contributed by atoms with Gasteiger partial charge in [0, 0.05) is 37.9 Å². The standard InChI is InChI=1S/C23H28N4O3/c1-3-27(15-22(29)25-21-10-8-20(9-11-21)24-17(2)28)23(30)16-26-13-12-18-6-4-5-7-19(18)14-26/h4-11H,3,12-16H2,1-2H3,(H,24,28)(H,25,29). The van der Waals surface area contributed by atoms with Crippen LogP contribution >= 0.6 is 0 Å². The normalized spacial score (nSPS) is 13.3. The number of benzene rings is 2. The highest BCUT2D eigenvalue weighted by atomic mass is 16.2. The van der Waals surface area contributed by atoms with Crippen molar-refractivity contribution >= 4 is 29.1 Å². The lowest BCUT2D eigenvalue weighted by Gasteiger charge is -2.30. The molecule has 0 radical (unpaired) electrons. The first-order valence-corrected chi connectivity index (χ1v) is 10.2. The average Bonchev–Trinajstić information content (AvgIpc) is 2.73. The summed E-state index contributed by atoms with van der Waals surface area (Å²) in [7, 11) is 0. The number of likely N-dealkylation sites (N-methyl/N-ethyl adjacent to an activating group) is 1. The first-order chi connectivity index (χ1) is 14.4. The first kappa shape index (κ1) is 21.5. The molecular formula is C23H28N4O3. The van der Waals surface area contributed by atoms with E-state index in [9.17, 15) is 14.4 Å². The van der Waals surface area contributed by atoms with E-state index >= 15 is 0 Å². The van der Waals surface area contributed by atoms with Gasteiger partial charge < -0.3 is 15.5 Å². The molecule has 0 atom stereocenters. The molecular weight excluding hydrogens is 380 g/mol. The van der Waals surface area contributed by atoms with Crippen LogP contribution in [0.1, 0.15) is 25.0 Å². The van der Waals surface area contributed by atoms with Crippen LogP contribution in [0.15, 0.2) is 48.5 Å². The number of rotatable bonds is 7. The molecule has 2 aromatic rings. The molecule has 1 aliphatic rings. The number of carbonyl (C=O) groups excluding carboxylic acids is 3. The molecule has 0 bridgehead atoms. The summed E-state index contributed by atoms with van der Waals surface area (Å²) in [5, 5.41) is 5.48. The van der Waals surface area contributed by atoms with Crippen LogP contribution in [-0.4, -0.2) is 53.7 Å². The van der Waals surface area contributed by atoms with Crippen LogP contribution in [0.3, 0.4) is 0 Å². The number of hydrogen-bond donors (Lipinski definition) is 2. The number of amides is 3. The van der Waals surface area contributed by atoms with Gasteiger partial charge in [-0.15, -0.1) is 0 Å². The molecule has 1 aliphatic heterocycles. The van der Waals surface area contributed by atoms with Crippen LogP contribution in [0.4, 0.5) is 11.4 Å².